The molecule has 108 valence electrons. The van der Waals surface area contributed by atoms with Gasteiger partial charge in [0, 0.05) is 13.7 Å². The van der Waals surface area contributed by atoms with Crippen molar-refractivity contribution in [1.82, 2.24) is 4.90 Å². The van der Waals surface area contributed by atoms with Crippen molar-refractivity contribution in [3.05, 3.63) is 0 Å². The maximum absolute atomic E-state index is 12.4. The van der Waals surface area contributed by atoms with Crippen molar-refractivity contribution >= 4 is 11.7 Å². The molecule has 1 heterocycles. The van der Waals surface area contributed by atoms with Crippen LogP contribution < -0.4 is 5.73 Å². The van der Waals surface area contributed by atoms with Crippen LogP contribution in [0.5, 0.6) is 0 Å². The Hall–Kier alpha value is -1.30. The third-order valence-corrected chi connectivity index (χ3v) is 4.45. The van der Waals surface area contributed by atoms with Gasteiger partial charge in [-0.1, -0.05) is 5.16 Å². The van der Waals surface area contributed by atoms with Gasteiger partial charge in [0.05, 0.1) is 18.1 Å². The Kier molecular flexibility index (Phi) is 4.29. The minimum atomic E-state index is -0.274. The van der Waals surface area contributed by atoms with Crippen LogP contribution in [0.4, 0.5) is 0 Å². The van der Waals surface area contributed by atoms with E-state index in [1.54, 1.807) is 12.0 Å². The van der Waals surface area contributed by atoms with E-state index in [1.807, 2.05) is 0 Å². The van der Waals surface area contributed by atoms with Crippen LogP contribution in [0, 0.1) is 0 Å². The Morgan fingerprint density at radius 1 is 1.47 bits per heavy atom. The smallest absolute Gasteiger partial charge is 0.226 e. The highest BCUT2D eigenvalue weighted by atomic mass is 16.5. The van der Waals surface area contributed by atoms with Crippen molar-refractivity contribution in [1.29, 1.82) is 0 Å². The van der Waals surface area contributed by atoms with Crippen LogP contribution in [0.15, 0.2) is 5.16 Å². The van der Waals surface area contributed by atoms with E-state index in [-0.39, 0.29) is 23.4 Å². The van der Waals surface area contributed by atoms with Crippen LogP contribution in [-0.2, 0) is 9.53 Å². The number of carbonyl (C=O) groups is 1. The molecule has 3 N–H and O–H groups in total. The van der Waals surface area contributed by atoms with Crippen LogP contribution in [-0.4, -0.2) is 47.1 Å². The lowest BCUT2D eigenvalue weighted by Crippen LogP contribution is -2.53. The molecule has 6 nitrogen and oxygen atoms in total. The van der Waals surface area contributed by atoms with Gasteiger partial charge in [-0.2, -0.15) is 0 Å². The maximum Gasteiger partial charge on any atom is 0.226 e. The molecule has 0 bridgehead atoms. The Morgan fingerprint density at radius 2 is 2.21 bits per heavy atom. The van der Waals surface area contributed by atoms with Crippen molar-refractivity contribution in [2.24, 2.45) is 10.9 Å². The number of hydrogen-bond acceptors (Lipinski definition) is 4. The van der Waals surface area contributed by atoms with Crippen LogP contribution >= 0.6 is 0 Å². The molecule has 1 atom stereocenters. The number of carbonyl (C=O) groups excluding carboxylic acids is 1. The molecular weight excluding hydrogens is 246 g/mol. The number of methoxy groups -OCH3 is 1. The average molecular weight is 269 g/mol. The van der Waals surface area contributed by atoms with Crippen molar-refractivity contribution in [3.8, 4) is 0 Å². The summed E-state index contributed by atoms with van der Waals surface area (Å²) in [5.41, 5.74) is 5.42. The number of nitrogens with zero attached hydrogens (tertiary/aromatic N) is 2. The van der Waals surface area contributed by atoms with Gasteiger partial charge < -0.3 is 20.6 Å². The Morgan fingerprint density at radius 3 is 2.74 bits per heavy atom. The first-order chi connectivity index (χ1) is 9.12. The SMILES string of the molecule is COC1(CC(=O)N2CCCCC2C(N)=NO)CCC1. The molecule has 0 radical (unpaired) electrons. The second-order valence-corrected chi connectivity index (χ2v) is 5.54. The van der Waals surface area contributed by atoms with Gasteiger partial charge in [-0.15, -0.1) is 0 Å². The van der Waals surface area contributed by atoms with Gasteiger partial charge in [-0.25, -0.2) is 0 Å². The predicted molar refractivity (Wildman–Crippen MR) is 71.0 cm³/mol. The zero-order chi connectivity index (χ0) is 13.9. The van der Waals surface area contributed by atoms with Crippen molar-refractivity contribution in [2.75, 3.05) is 13.7 Å². The van der Waals surface area contributed by atoms with Crippen molar-refractivity contribution < 1.29 is 14.7 Å². The summed E-state index contributed by atoms with van der Waals surface area (Å²) in [4.78, 5) is 14.2. The third kappa shape index (κ3) is 2.83. The molecular formula is C13H23N3O3. The lowest BCUT2D eigenvalue weighted by Gasteiger charge is -2.43. The molecule has 2 rings (SSSR count). The number of hydrogen-bond donors (Lipinski definition) is 2. The number of amides is 1. The van der Waals surface area contributed by atoms with E-state index >= 15 is 0 Å². The molecule has 0 aromatic heterocycles. The van der Waals surface area contributed by atoms with Crippen molar-refractivity contribution in [2.45, 2.75) is 56.6 Å². The van der Waals surface area contributed by atoms with E-state index < -0.39 is 0 Å². The van der Waals surface area contributed by atoms with Gasteiger partial charge >= 0.3 is 0 Å². The number of amidine groups is 1. The van der Waals surface area contributed by atoms with E-state index in [1.165, 1.54) is 0 Å². The quantitative estimate of drug-likeness (QED) is 0.346. The van der Waals surface area contributed by atoms with Gasteiger partial charge in [0.1, 0.15) is 0 Å². The fraction of sp³-hybridized carbons (Fsp3) is 0.846. The van der Waals surface area contributed by atoms with Crippen LogP contribution in [0.3, 0.4) is 0 Å². The largest absolute Gasteiger partial charge is 0.409 e. The molecule has 1 saturated heterocycles. The number of rotatable bonds is 4. The normalized spacial score (nSPS) is 26.9. The van der Waals surface area contributed by atoms with Crippen LogP contribution in [0.1, 0.15) is 44.9 Å². The summed E-state index contributed by atoms with van der Waals surface area (Å²) in [6.45, 7) is 0.680. The molecule has 2 fully saturated rings. The highest BCUT2D eigenvalue weighted by Gasteiger charge is 2.41. The molecule has 0 aromatic carbocycles. The second kappa shape index (κ2) is 5.77. The molecule has 1 amide bonds. The first kappa shape index (κ1) is 14.1. The molecule has 0 aromatic rings. The Labute approximate surface area is 113 Å². The zero-order valence-corrected chi connectivity index (χ0v) is 11.5. The predicted octanol–water partition coefficient (Wildman–Crippen LogP) is 1.07. The van der Waals surface area contributed by atoms with Gasteiger partial charge in [-0.05, 0) is 38.5 Å². The van der Waals surface area contributed by atoms with E-state index in [4.69, 9.17) is 15.7 Å². The Balaban J connectivity index is 2.03. The third-order valence-electron chi connectivity index (χ3n) is 4.45. The lowest BCUT2D eigenvalue weighted by atomic mass is 9.77. The molecule has 1 aliphatic carbocycles. The number of oxime groups is 1. The monoisotopic (exact) mass is 269 g/mol. The molecule has 0 spiro atoms. The van der Waals surface area contributed by atoms with Gasteiger partial charge in [0.15, 0.2) is 5.84 Å². The number of nitrogens with two attached hydrogens (primary N) is 1. The number of piperidine rings is 1. The first-order valence-electron chi connectivity index (χ1n) is 6.94. The molecule has 6 heteroatoms. The number of ether oxygens (including phenoxy) is 1. The minimum Gasteiger partial charge on any atom is -0.409 e. The highest BCUT2D eigenvalue weighted by molar-refractivity contribution is 5.90. The fourth-order valence-corrected chi connectivity index (χ4v) is 3.01. The Bertz CT molecular complexity index is 361. The molecule has 2 aliphatic rings. The second-order valence-electron chi connectivity index (χ2n) is 5.54. The average Bonchev–Trinajstić information content (AvgIpc) is 2.41. The lowest BCUT2D eigenvalue weighted by molar-refractivity contribution is -0.146. The van der Waals surface area contributed by atoms with Gasteiger partial charge in [0.25, 0.3) is 0 Å². The van der Waals surface area contributed by atoms with Gasteiger partial charge in [0.2, 0.25) is 5.91 Å². The summed E-state index contributed by atoms with van der Waals surface area (Å²) in [6, 6.07) is -0.264. The van der Waals surface area contributed by atoms with E-state index in [0.717, 1.165) is 38.5 Å². The standard InChI is InChI=1S/C13H23N3O3/c1-19-13(6-4-7-13)9-11(17)16-8-3-2-5-10(16)12(14)15-18/h10,18H,2-9H2,1H3,(H2,14,15). The first-order valence-corrected chi connectivity index (χ1v) is 6.94. The van der Waals surface area contributed by atoms with Crippen molar-refractivity contribution in [3.63, 3.8) is 0 Å². The molecule has 1 saturated carbocycles. The highest BCUT2D eigenvalue weighted by Crippen LogP contribution is 2.38. The van der Waals surface area contributed by atoms with E-state index in [2.05, 4.69) is 5.16 Å². The van der Waals surface area contributed by atoms with Gasteiger partial charge in [-0.3, -0.25) is 4.79 Å². The summed E-state index contributed by atoms with van der Waals surface area (Å²) >= 11 is 0. The minimum absolute atomic E-state index is 0.0536. The summed E-state index contributed by atoms with van der Waals surface area (Å²) in [7, 11) is 1.67. The van der Waals surface area contributed by atoms with E-state index in [9.17, 15) is 4.79 Å². The number of likely N-dealkylation sites (tertiary alicyclic amines) is 1. The molecule has 1 aliphatic heterocycles. The fourth-order valence-electron chi connectivity index (χ4n) is 3.01. The topological polar surface area (TPSA) is 88.2 Å². The van der Waals surface area contributed by atoms with Crippen LogP contribution in [0.2, 0.25) is 0 Å². The molecule has 19 heavy (non-hydrogen) atoms. The summed E-state index contributed by atoms with van der Waals surface area (Å²) in [6.07, 6.45) is 6.14. The van der Waals surface area contributed by atoms with E-state index in [0.29, 0.717) is 13.0 Å². The summed E-state index contributed by atoms with van der Waals surface area (Å²) < 4.78 is 5.50. The maximum atomic E-state index is 12.4. The summed E-state index contributed by atoms with van der Waals surface area (Å²) in [5.74, 6) is 0.186. The molecule has 1 unspecified atom stereocenters. The summed E-state index contributed by atoms with van der Waals surface area (Å²) in [5, 5.41) is 11.9. The zero-order valence-electron chi connectivity index (χ0n) is 11.5. The van der Waals surface area contributed by atoms with Crippen LogP contribution in [0.25, 0.3) is 0 Å².